The van der Waals surface area contributed by atoms with Gasteiger partial charge in [0.1, 0.15) is 6.04 Å². The molecule has 3 aromatic rings. The van der Waals surface area contributed by atoms with Gasteiger partial charge in [-0.25, -0.2) is 9.79 Å². The molecule has 0 radical (unpaired) electrons. The van der Waals surface area contributed by atoms with Crippen LogP contribution in [0.1, 0.15) is 31.0 Å². The summed E-state index contributed by atoms with van der Waals surface area (Å²) >= 11 is 10.0. The first-order chi connectivity index (χ1) is 14.9. The summed E-state index contributed by atoms with van der Waals surface area (Å²) in [7, 11) is 0. The third kappa shape index (κ3) is 4.26. The van der Waals surface area contributed by atoms with E-state index in [-0.39, 0.29) is 12.2 Å². The van der Waals surface area contributed by atoms with E-state index in [0.29, 0.717) is 31.2 Å². The van der Waals surface area contributed by atoms with E-state index in [0.717, 1.165) is 9.13 Å². The predicted octanol–water partition coefficient (Wildman–Crippen LogP) is 4.06. The van der Waals surface area contributed by atoms with Crippen LogP contribution in [0, 0.1) is 3.57 Å². The minimum atomic E-state index is -0.706. The Labute approximate surface area is 201 Å². The number of thiazole rings is 1. The normalized spacial score (nSPS) is 16.1. The topological polar surface area (TPSA) is 60.7 Å². The summed E-state index contributed by atoms with van der Waals surface area (Å²) in [6.07, 6.45) is 1.84. The number of nitrogens with zero attached hydrogens (tertiary/aromatic N) is 2. The van der Waals surface area contributed by atoms with Gasteiger partial charge >= 0.3 is 5.97 Å². The van der Waals surface area contributed by atoms with Gasteiger partial charge in [-0.2, -0.15) is 0 Å². The Hall–Kier alpha value is -2.23. The van der Waals surface area contributed by atoms with Crippen molar-refractivity contribution in [2.75, 3.05) is 6.61 Å². The van der Waals surface area contributed by atoms with E-state index in [9.17, 15) is 9.59 Å². The van der Waals surface area contributed by atoms with Crippen LogP contribution in [0.15, 0.2) is 69.6 Å². The standard InChI is InChI=1S/C23H18ClIN2O3S/c1-3-30-22(29)19-13(2)26-23-27(20(19)16-6-4-5-7-17(16)24)21(28)18(31-23)12-14-8-10-15(25)11-9-14/h4-12,20H,3H2,1-2H3/b18-12-/t20-/m0/s1. The molecule has 0 amide bonds. The lowest BCUT2D eigenvalue weighted by Gasteiger charge is -2.25. The number of rotatable bonds is 4. The van der Waals surface area contributed by atoms with Gasteiger partial charge in [-0.3, -0.25) is 9.36 Å². The zero-order valence-corrected chi connectivity index (χ0v) is 20.5. The number of benzene rings is 2. The van der Waals surface area contributed by atoms with Crippen molar-refractivity contribution in [2.24, 2.45) is 4.99 Å². The minimum Gasteiger partial charge on any atom is -0.463 e. The van der Waals surface area contributed by atoms with Crippen molar-refractivity contribution in [1.82, 2.24) is 4.57 Å². The highest BCUT2D eigenvalue weighted by molar-refractivity contribution is 14.1. The number of esters is 1. The van der Waals surface area contributed by atoms with Crippen LogP contribution in [0.25, 0.3) is 6.08 Å². The Kier molecular flexibility index (Phi) is 6.45. The van der Waals surface area contributed by atoms with Crippen LogP contribution in [-0.2, 0) is 9.53 Å². The molecule has 0 fully saturated rings. The second-order valence-electron chi connectivity index (χ2n) is 6.88. The van der Waals surface area contributed by atoms with Crippen molar-refractivity contribution < 1.29 is 9.53 Å². The second kappa shape index (κ2) is 9.10. The average molecular weight is 565 g/mol. The quantitative estimate of drug-likeness (QED) is 0.355. The summed E-state index contributed by atoms with van der Waals surface area (Å²) < 4.78 is 8.49. The number of hydrogen-bond donors (Lipinski definition) is 0. The van der Waals surface area contributed by atoms with Gasteiger partial charge in [0.05, 0.1) is 22.4 Å². The van der Waals surface area contributed by atoms with E-state index in [1.54, 1.807) is 24.5 Å². The molecule has 0 aliphatic carbocycles. The number of hydrogen-bond acceptors (Lipinski definition) is 5. The SMILES string of the molecule is CCOC(=O)C1=C(C)N=c2s/c(=C\c3ccc(I)cc3)c(=O)n2[C@H]1c1ccccc1Cl. The van der Waals surface area contributed by atoms with E-state index in [1.807, 2.05) is 48.5 Å². The van der Waals surface area contributed by atoms with Crippen molar-refractivity contribution >= 4 is 57.6 Å². The highest BCUT2D eigenvalue weighted by Crippen LogP contribution is 2.34. The Morgan fingerprint density at radius 1 is 1.26 bits per heavy atom. The summed E-state index contributed by atoms with van der Waals surface area (Å²) in [6, 6.07) is 14.4. The highest BCUT2D eigenvalue weighted by atomic mass is 127. The summed E-state index contributed by atoms with van der Waals surface area (Å²) in [6.45, 7) is 3.73. The number of fused-ring (bicyclic) bond motifs is 1. The smallest absolute Gasteiger partial charge is 0.338 e. The molecule has 2 aromatic carbocycles. The van der Waals surface area contributed by atoms with Crippen molar-refractivity contribution in [2.45, 2.75) is 19.9 Å². The van der Waals surface area contributed by atoms with Crippen LogP contribution in [0.3, 0.4) is 0 Å². The largest absolute Gasteiger partial charge is 0.463 e. The first kappa shape index (κ1) is 22.0. The van der Waals surface area contributed by atoms with E-state index in [2.05, 4.69) is 27.6 Å². The number of ether oxygens (including phenoxy) is 1. The third-order valence-corrected chi connectivity index (χ3v) is 6.93. The Morgan fingerprint density at radius 3 is 2.65 bits per heavy atom. The van der Waals surface area contributed by atoms with Crippen LogP contribution in [0.5, 0.6) is 0 Å². The van der Waals surface area contributed by atoms with Crippen LogP contribution < -0.4 is 14.9 Å². The van der Waals surface area contributed by atoms with E-state index < -0.39 is 12.0 Å². The maximum atomic E-state index is 13.5. The first-order valence-corrected chi connectivity index (χ1v) is 11.9. The molecule has 0 saturated carbocycles. The molecule has 1 atom stereocenters. The van der Waals surface area contributed by atoms with Gasteiger partial charge in [-0.1, -0.05) is 53.3 Å². The predicted molar refractivity (Wildman–Crippen MR) is 131 cm³/mol. The maximum absolute atomic E-state index is 13.5. The monoisotopic (exact) mass is 564 g/mol. The molecule has 1 aliphatic heterocycles. The van der Waals surface area contributed by atoms with Gasteiger partial charge in [0.2, 0.25) is 0 Å². The summed E-state index contributed by atoms with van der Waals surface area (Å²) in [5.41, 5.74) is 2.19. The fourth-order valence-electron chi connectivity index (χ4n) is 3.49. The van der Waals surface area contributed by atoms with Crippen LogP contribution in [-0.4, -0.2) is 17.1 Å². The van der Waals surface area contributed by atoms with Crippen molar-refractivity contribution in [1.29, 1.82) is 0 Å². The van der Waals surface area contributed by atoms with Gasteiger partial charge in [-0.15, -0.1) is 0 Å². The van der Waals surface area contributed by atoms with Crippen molar-refractivity contribution in [3.63, 3.8) is 0 Å². The molecule has 31 heavy (non-hydrogen) atoms. The lowest BCUT2D eigenvalue weighted by Crippen LogP contribution is -2.40. The van der Waals surface area contributed by atoms with Gasteiger partial charge in [-0.05, 0) is 71.8 Å². The first-order valence-electron chi connectivity index (χ1n) is 9.60. The third-order valence-electron chi connectivity index (χ3n) is 4.88. The Balaban J connectivity index is 1.97. The maximum Gasteiger partial charge on any atom is 0.338 e. The van der Waals surface area contributed by atoms with Crippen LogP contribution in [0.2, 0.25) is 5.02 Å². The summed E-state index contributed by atoms with van der Waals surface area (Å²) in [4.78, 5) is 31.4. The van der Waals surface area contributed by atoms with Crippen LogP contribution in [0.4, 0.5) is 0 Å². The van der Waals surface area contributed by atoms with Gasteiger partial charge in [0, 0.05) is 8.59 Å². The van der Waals surface area contributed by atoms with Crippen molar-refractivity contribution in [3.8, 4) is 0 Å². The lowest BCUT2D eigenvalue weighted by atomic mass is 9.96. The molecule has 4 rings (SSSR count). The fourth-order valence-corrected chi connectivity index (χ4v) is 5.14. The molecule has 8 heteroatoms. The van der Waals surface area contributed by atoms with E-state index in [4.69, 9.17) is 16.3 Å². The Morgan fingerprint density at radius 2 is 1.97 bits per heavy atom. The summed E-state index contributed by atoms with van der Waals surface area (Å²) in [5, 5.41) is 0.469. The molecular formula is C23H18ClIN2O3S. The van der Waals surface area contributed by atoms with E-state index in [1.165, 1.54) is 11.3 Å². The molecule has 0 saturated heterocycles. The molecule has 1 aromatic heterocycles. The molecule has 5 nitrogen and oxygen atoms in total. The number of aromatic nitrogens is 1. The molecule has 2 heterocycles. The highest BCUT2D eigenvalue weighted by Gasteiger charge is 2.34. The number of halogens is 2. The van der Waals surface area contributed by atoms with E-state index >= 15 is 0 Å². The fraction of sp³-hybridized carbons (Fsp3) is 0.174. The van der Waals surface area contributed by atoms with Crippen LogP contribution >= 0.6 is 45.5 Å². The molecule has 0 bridgehead atoms. The van der Waals surface area contributed by atoms with Crippen molar-refractivity contribution in [3.05, 3.63) is 99.2 Å². The number of carbonyl (C=O) groups excluding carboxylic acids is 1. The zero-order chi connectivity index (χ0) is 22.1. The zero-order valence-electron chi connectivity index (χ0n) is 16.8. The molecule has 0 N–H and O–H groups in total. The lowest BCUT2D eigenvalue weighted by molar-refractivity contribution is -0.139. The summed E-state index contributed by atoms with van der Waals surface area (Å²) in [5.74, 6) is -0.499. The molecule has 0 spiro atoms. The second-order valence-corrected chi connectivity index (χ2v) is 9.54. The molecule has 158 valence electrons. The average Bonchev–Trinajstić information content (AvgIpc) is 3.04. The molecule has 0 unspecified atom stereocenters. The van der Waals surface area contributed by atoms with Gasteiger partial charge < -0.3 is 4.74 Å². The number of allylic oxidation sites excluding steroid dienone is 1. The van der Waals surface area contributed by atoms with Gasteiger partial charge in [0.25, 0.3) is 5.56 Å². The molecular weight excluding hydrogens is 547 g/mol. The number of carbonyl (C=O) groups is 1. The minimum absolute atomic E-state index is 0.221. The van der Waals surface area contributed by atoms with Gasteiger partial charge in [0.15, 0.2) is 4.80 Å². The molecule has 1 aliphatic rings. The Bertz CT molecular complexity index is 1370.